The second-order valence-corrected chi connectivity index (χ2v) is 4.56. The number of piperidine rings is 1. The number of rotatable bonds is 1. The lowest BCUT2D eigenvalue weighted by Crippen LogP contribution is -2.50. The zero-order valence-electron chi connectivity index (χ0n) is 8.96. The van der Waals surface area contributed by atoms with E-state index in [4.69, 9.17) is 0 Å². The van der Waals surface area contributed by atoms with E-state index in [2.05, 4.69) is 0 Å². The molecule has 14 heavy (non-hydrogen) atoms. The maximum absolute atomic E-state index is 13.3. The minimum atomic E-state index is -1.80. The maximum atomic E-state index is 13.3. The molecule has 1 N–H and O–H groups in total. The first-order chi connectivity index (χ1) is 6.32. The molecule has 4 heteroatoms. The Bertz CT molecular complexity index is 225. The van der Waals surface area contributed by atoms with Crippen molar-refractivity contribution in [3.8, 4) is 0 Å². The molecule has 0 radical (unpaired) electrons. The Balaban J connectivity index is 2.59. The molecule has 1 aliphatic heterocycles. The second kappa shape index (κ2) is 3.85. The minimum absolute atomic E-state index is 0.0371. The van der Waals surface area contributed by atoms with E-state index < -0.39 is 11.6 Å². The van der Waals surface area contributed by atoms with Crippen molar-refractivity contribution in [3.63, 3.8) is 0 Å². The Labute approximate surface area is 83.9 Å². The van der Waals surface area contributed by atoms with Gasteiger partial charge in [-0.2, -0.15) is 0 Å². The summed E-state index contributed by atoms with van der Waals surface area (Å²) in [6.45, 7) is 5.32. The fraction of sp³-hybridized carbons (Fsp3) is 0.900. The number of aliphatic hydroxyl groups is 1. The van der Waals surface area contributed by atoms with Crippen LogP contribution in [0.4, 0.5) is 4.39 Å². The molecule has 0 aromatic rings. The van der Waals surface area contributed by atoms with Crippen LogP contribution in [0.3, 0.4) is 0 Å². The molecule has 1 heterocycles. The van der Waals surface area contributed by atoms with Gasteiger partial charge >= 0.3 is 0 Å². The molecule has 2 unspecified atom stereocenters. The van der Waals surface area contributed by atoms with E-state index in [0.29, 0.717) is 19.5 Å². The summed E-state index contributed by atoms with van der Waals surface area (Å²) in [5.74, 6) is -0.439. The molecule has 0 spiro atoms. The number of aliphatic hydroxyl groups excluding tert-OH is 1. The normalized spacial score (nSPS) is 29.1. The molecule has 0 aromatic heterocycles. The van der Waals surface area contributed by atoms with E-state index in [-0.39, 0.29) is 12.0 Å². The maximum Gasteiger partial charge on any atom is 0.259 e. The van der Waals surface area contributed by atoms with E-state index in [0.717, 1.165) is 0 Å². The van der Waals surface area contributed by atoms with Crippen molar-refractivity contribution in [2.24, 2.45) is 5.92 Å². The molecular weight excluding hydrogens is 185 g/mol. The fourth-order valence-electron chi connectivity index (χ4n) is 1.69. The van der Waals surface area contributed by atoms with Crippen LogP contribution in [-0.2, 0) is 4.79 Å². The van der Waals surface area contributed by atoms with Crippen LogP contribution in [-0.4, -0.2) is 40.8 Å². The number of halogens is 1. The van der Waals surface area contributed by atoms with E-state index in [9.17, 15) is 14.3 Å². The summed E-state index contributed by atoms with van der Waals surface area (Å²) in [5, 5.41) is 9.45. The monoisotopic (exact) mass is 203 g/mol. The Morgan fingerprint density at radius 1 is 1.57 bits per heavy atom. The van der Waals surface area contributed by atoms with Crippen molar-refractivity contribution in [2.45, 2.75) is 39.0 Å². The van der Waals surface area contributed by atoms with Gasteiger partial charge in [-0.25, -0.2) is 4.39 Å². The Morgan fingerprint density at radius 3 is 2.57 bits per heavy atom. The first-order valence-corrected chi connectivity index (χ1v) is 4.98. The molecule has 2 atom stereocenters. The smallest absolute Gasteiger partial charge is 0.259 e. The summed E-state index contributed by atoms with van der Waals surface area (Å²) in [6, 6.07) is 0. The number of carbonyl (C=O) groups excluding carboxylic acids is 1. The first-order valence-electron chi connectivity index (χ1n) is 4.98. The third-order valence-corrected chi connectivity index (χ3v) is 2.66. The molecular formula is C10H18FNO2. The highest BCUT2D eigenvalue weighted by molar-refractivity contribution is 5.84. The van der Waals surface area contributed by atoms with Gasteiger partial charge in [-0.1, -0.05) is 6.92 Å². The molecule has 82 valence electrons. The van der Waals surface area contributed by atoms with Crippen LogP contribution in [0.2, 0.25) is 0 Å². The summed E-state index contributed by atoms with van der Waals surface area (Å²) in [5.41, 5.74) is -1.80. The molecule has 0 aliphatic carbocycles. The van der Waals surface area contributed by atoms with Crippen molar-refractivity contribution >= 4 is 5.91 Å². The van der Waals surface area contributed by atoms with Gasteiger partial charge in [-0.3, -0.25) is 4.79 Å². The van der Waals surface area contributed by atoms with E-state index in [1.54, 1.807) is 0 Å². The molecule has 1 amide bonds. The van der Waals surface area contributed by atoms with Crippen molar-refractivity contribution in [1.82, 2.24) is 4.90 Å². The van der Waals surface area contributed by atoms with E-state index in [1.165, 1.54) is 18.7 Å². The van der Waals surface area contributed by atoms with Gasteiger partial charge in [0.2, 0.25) is 0 Å². The highest BCUT2D eigenvalue weighted by Crippen LogP contribution is 2.21. The number of hydrogen-bond acceptors (Lipinski definition) is 2. The minimum Gasteiger partial charge on any atom is -0.393 e. The first kappa shape index (κ1) is 11.4. The Kier molecular flexibility index (Phi) is 3.14. The predicted molar refractivity (Wildman–Crippen MR) is 51.6 cm³/mol. The highest BCUT2D eigenvalue weighted by Gasteiger charge is 2.35. The average Bonchev–Trinajstić information content (AvgIpc) is 2.07. The number of carbonyl (C=O) groups is 1. The van der Waals surface area contributed by atoms with Crippen LogP contribution >= 0.6 is 0 Å². The molecule has 1 saturated heterocycles. The van der Waals surface area contributed by atoms with Gasteiger partial charge in [0.05, 0.1) is 6.10 Å². The average molecular weight is 203 g/mol. The summed E-state index contributed by atoms with van der Waals surface area (Å²) in [7, 11) is 0. The van der Waals surface area contributed by atoms with Crippen LogP contribution in [0.1, 0.15) is 27.2 Å². The van der Waals surface area contributed by atoms with Crippen LogP contribution in [0.15, 0.2) is 0 Å². The molecule has 1 fully saturated rings. The zero-order valence-corrected chi connectivity index (χ0v) is 8.96. The largest absolute Gasteiger partial charge is 0.393 e. The third-order valence-electron chi connectivity index (χ3n) is 2.66. The molecule has 0 aromatic carbocycles. The third kappa shape index (κ3) is 2.44. The van der Waals surface area contributed by atoms with E-state index >= 15 is 0 Å². The van der Waals surface area contributed by atoms with Crippen LogP contribution in [0.25, 0.3) is 0 Å². The SMILES string of the molecule is CC1CN(C(=O)C(C)(C)F)CCC1O. The standard InChI is InChI=1S/C10H18FNO2/c1-7-6-12(5-4-8(7)13)9(14)10(2,3)11/h7-8,13H,4-6H2,1-3H3. The number of amides is 1. The summed E-state index contributed by atoms with van der Waals surface area (Å²) < 4.78 is 13.3. The van der Waals surface area contributed by atoms with Crippen LogP contribution in [0.5, 0.6) is 0 Å². The molecule has 1 rings (SSSR count). The molecule has 0 bridgehead atoms. The fourth-order valence-corrected chi connectivity index (χ4v) is 1.69. The quantitative estimate of drug-likeness (QED) is 0.689. The van der Waals surface area contributed by atoms with Crippen molar-refractivity contribution in [1.29, 1.82) is 0 Å². The van der Waals surface area contributed by atoms with Gasteiger partial charge in [0, 0.05) is 13.1 Å². The van der Waals surface area contributed by atoms with Gasteiger partial charge < -0.3 is 10.0 Å². The molecule has 1 aliphatic rings. The highest BCUT2D eigenvalue weighted by atomic mass is 19.1. The van der Waals surface area contributed by atoms with E-state index in [1.807, 2.05) is 6.92 Å². The van der Waals surface area contributed by atoms with Gasteiger partial charge in [-0.05, 0) is 26.2 Å². The lowest BCUT2D eigenvalue weighted by molar-refractivity contribution is -0.145. The lowest BCUT2D eigenvalue weighted by atomic mass is 9.95. The van der Waals surface area contributed by atoms with Crippen LogP contribution < -0.4 is 0 Å². The number of hydrogen-bond donors (Lipinski definition) is 1. The number of alkyl halides is 1. The second-order valence-electron chi connectivity index (χ2n) is 4.56. The lowest BCUT2D eigenvalue weighted by Gasteiger charge is -2.36. The van der Waals surface area contributed by atoms with Crippen molar-refractivity contribution < 1.29 is 14.3 Å². The predicted octanol–water partition coefficient (Wildman–Crippen LogP) is 0.964. The van der Waals surface area contributed by atoms with Gasteiger partial charge in [0.25, 0.3) is 5.91 Å². The van der Waals surface area contributed by atoms with Gasteiger partial charge in [0.1, 0.15) is 0 Å². The van der Waals surface area contributed by atoms with Crippen molar-refractivity contribution in [2.75, 3.05) is 13.1 Å². The molecule has 0 saturated carbocycles. The Hall–Kier alpha value is -0.640. The number of nitrogens with zero attached hydrogens (tertiary/aromatic N) is 1. The van der Waals surface area contributed by atoms with Crippen LogP contribution in [0, 0.1) is 5.92 Å². The topological polar surface area (TPSA) is 40.5 Å². The molecule has 3 nitrogen and oxygen atoms in total. The summed E-state index contributed by atoms with van der Waals surface area (Å²) in [4.78, 5) is 13.0. The summed E-state index contributed by atoms with van der Waals surface area (Å²) in [6.07, 6.45) is 0.185. The Morgan fingerprint density at radius 2 is 2.14 bits per heavy atom. The summed E-state index contributed by atoms with van der Waals surface area (Å²) >= 11 is 0. The zero-order chi connectivity index (χ0) is 10.9. The number of likely N-dealkylation sites (tertiary alicyclic amines) is 1. The van der Waals surface area contributed by atoms with Crippen molar-refractivity contribution in [3.05, 3.63) is 0 Å². The van der Waals surface area contributed by atoms with Gasteiger partial charge in [-0.15, -0.1) is 0 Å². The van der Waals surface area contributed by atoms with Gasteiger partial charge in [0.15, 0.2) is 5.67 Å².